The van der Waals surface area contributed by atoms with E-state index in [4.69, 9.17) is 0 Å². The van der Waals surface area contributed by atoms with Gasteiger partial charge in [-0.15, -0.1) is 0 Å². The average Bonchev–Trinajstić information content (AvgIpc) is 2.45. The fourth-order valence-electron chi connectivity index (χ4n) is 4.61. The Morgan fingerprint density at radius 2 is 1.76 bits per heavy atom. The fraction of sp³-hybridized carbons (Fsp3) is 1.00. The van der Waals surface area contributed by atoms with Crippen LogP contribution in [0.25, 0.3) is 0 Å². The van der Waals surface area contributed by atoms with Gasteiger partial charge in [0, 0.05) is 5.54 Å². The molecular formula is C19H37NO. The van der Waals surface area contributed by atoms with Crippen molar-refractivity contribution in [1.82, 2.24) is 5.32 Å². The number of nitrogens with one attached hydrogen (secondary N) is 1. The van der Waals surface area contributed by atoms with Gasteiger partial charge in [-0.1, -0.05) is 40.5 Å². The lowest BCUT2D eigenvalue weighted by atomic mass is 9.69. The van der Waals surface area contributed by atoms with Crippen molar-refractivity contribution in [3.05, 3.63) is 0 Å². The van der Waals surface area contributed by atoms with Gasteiger partial charge < -0.3 is 10.4 Å². The van der Waals surface area contributed by atoms with E-state index in [1.807, 2.05) is 0 Å². The van der Waals surface area contributed by atoms with Crippen molar-refractivity contribution in [3.8, 4) is 0 Å². The average molecular weight is 296 g/mol. The van der Waals surface area contributed by atoms with E-state index in [0.717, 1.165) is 37.1 Å². The van der Waals surface area contributed by atoms with E-state index in [0.29, 0.717) is 12.0 Å². The third-order valence-corrected chi connectivity index (χ3v) is 6.23. The standard InChI is InChI=1S/C19H37NO/c1-15-6-5-11-19(12-15,14-21)20-13-16-7-9-17(10-8-16)18(2,3)4/h15-17,20-21H,5-14H2,1-4H3. The number of aliphatic hydroxyl groups is 1. The van der Waals surface area contributed by atoms with Crippen LogP contribution < -0.4 is 5.32 Å². The van der Waals surface area contributed by atoms with Gasteiger partial charge >= 0.3 is 0 Å². The van der Waals surface area contributed by atoms with Crippen LogP contribution in [-0.4, -0.2) is 23.8 Å². The van der Waals surface area contributed by atoms with Crippen LogP contribution in [0.1, 0.15) is 79.1 Å². The Balaban J connectivity index is 1.78. The van der Waals surface area contributed by atoms with E-state index >= 15 is 0 Å². The highest BCUT2D eigenvalue weighted by Crippen LogP contribution is 2.40. The van der Waals surface area contributed by atoms with Gasteiger partial charge in [0.25, 0.3) is 0 Å². The lowest BCUT2D eigenvalue weighted by molar-refractivity contribution is 0.0865. The third kappa shape index (κ3) is 4.69. The first-order chi connectivity index (χ1) is 9.85. The molecule has 2 heteroatoms. The molecule has 0 aromatic rings. The van der Waals surface area contributed by atoms with Gasteiger partial charge in [-0.3, -0.25) is 0 Å². The molecule has 2 nitrogen and oxygen atoms in total. The third-order valence-electron chi connectivity index (χ3n) is 6.23. The zero-order valence-corrected chi connectivity index (χ0v) is 14.8. The molecule has 2 fully saturated rings. The molecule has 2 aliphatic carbocycles. The van der Waals surface area contributed by atoms with Gasteiger partial charge in [-0.2, -0.15) is 0 Å². The maximum atomic E-state index is 9.88. The summed E-state index contributed by atoms with van der Waals surface area (Å²) >= 11 is 0. The van der Waals surface area contributed by atoms with E-state index < -0.39 is 0 Å². The van der Waals surface area contributed by atoms with Crippen LogP contribution in [0.15, 0.2) is 0 Å². The summed E-state index contributed by atoms with van der Waals surface area (Å²) in [6.07, 6.45) is 10.4. The summed E-state index contributed by atoms with van der Waals surface area (Å²) in [5.74, 6) is 2.48. The molecule has 2 N–H and O–H groups in total. The highest BCUT2D eigenvalue weighted by Gasteiger charge is 2.35. The zero-order valence-electron chi connectivity index (χ0n) is 14.8. The van der Waals surface area contributed by atoms with E-state index in [2.05, 4.69) is 33.0 Å². The molecule has 0 aliphatic heterocycles. The van der Waals surface area contributed by atoms with Gasteiger partial charge in [0.05, 0.1) is 6.61 Å². The topological polar surface area (TPSA) is 32.3 Å². The second kappa shape index (κ2) is 7.00. The normalized spacial score (nSPS) is 38.4. The first kappa shape index (κ1) is 17.3. The van der Waals surface area contributed by atoms with Crippen LogP contribution in [0.3, 0.4) is 0 Å². The first-order valence-corrected chi connectivity index (χ1v) is 9.20. The molecule has 2 unspecified atom stereocenters. The van der Waals surface area contributed by atoms with Gasteiger partial charge in [-0.05, 0) is 68.2 Å². The molecule has 0 heterocycles. The van der Waals surface area contributed by atoms with Crippen molar-refractivity contribution in [3.63, 3.8) is 0 Å². The summed E-state index contributed by atoms with van der Waals surface area (Å²) < 4.78 is 0. The second-order valence-electron chi connectivity index (χ2n) is 9.10. The summed E-state index contributed by atoms with van der Waals surface area (Å²) in [6.45, 7) is 10.9. The molecule has 0 radical (unpaired) electrons. The minimum absolute atomic E-state index is 0.0263. The predicted octanol–water partition coefficient (Wildman–Crippen LogP) is 4.37. The number of hydrogen-bond donors (Lipinski definition) is 2. The number of rotatable bonds is 4. The Hall–Kier alpha value is -0.0800. The fourth-order valence-corrected chi connectivity index (χ4v) is 4.61. The van der Waals surface area contributed by atoms with Crippen LogP contribution in [0.5, 0.6) is 0 Å². The summed E-state index contributed by atoms with van der Waals surface area (Å²) in [4.78, 5) is 0. The molecule has 0 aromatic heterocycles. The van der Waals surface area contributed by atoms with Crippen molar-refractivity contribution in [1.29, 1.82) is 0 Å². The van der Waals surface area contributed by atoms with Crippen molar-refractivity contribution in [2.75, 3.05) is 13.2 Å². The summed E-state index contributed by atoms with van der Waals surface area (Å²) in [7, 11) is 0. The lowest BCUT2D eigenvalue weighted by Gasteiger charge is -2.42. The Bertz CT molecular complexity index is 314. The monoisotopic (exact) mass is 295 g/mol. The van der Waals surface area contributed by atoms with Crippen LogP contribution in [0.4, 0.5) is 0 Å². The van der Waals surface area contributed by atoms with Crippen LogP contribution in [-0.2, 0) is 0 Å². The largest absolute Gasteiger partial charge is 0.394 e. The smallest absolute Gasteiger partial charge is 0.0613 e. The van der Waals surface area contributed by atoms with Crippen molar-refractivity contribution in [2.45, 2.75) is 84.6 Å². The van der Waals surface area contributed by atoms with Crippen molar-refractivity contribution in [2.24, 2.45) is 23.2 Å². The van der Waals surface area contributed by atoms with Gasteiger partial charge in [0.2, 0.25) is 0 Å². The molecule has 2 rings (SSSR count). The maximum Gasteiger partial charge on any atom is 0.0613 e. The lowest BCUT2D eigenvalue weighted by Crippen LogP contribution is -2.53. The SMILES string of the molecule is CC1CCCC(CO)(NCC2CCC(C(C)(C)C)CC2)C1. The summed E-state index contributed by atoms with van der Waals surface area (Å²) in [5, 5.41) is 13.7. The molecule has 124 valence electrons. The van der Waals surface area contributed by atoms with Gasteiger partial charge in [0.1, 0.15) is 0 Å². The molecule has 0 spiro atoms. The summed E-state index contributed by atoms with van der Waals surface area (Å²) in [6, 6.07) is 0. The maximum absolute atomic E-state index is 9.88. The molecule has 0 bridgehead atoms. The van der Waals surface area contributed by atoms with E-state index in [9.17, 15) is 5.11 Å². The van der Waals surface area contributed by atoms with Gasteiger partial charge in [-0.25, -0.2) is 0 Å². The molecule has 21 heavy (non-hydrogen) atoms. The second-order valence-corrected chi connectivity index (χ2v) is 9.10. The minimum atomic E-state index is 0.0263. The quantitative estimate of drug-likeness (QED) is 0.807. The molecule has 2 atom stereocenters. The van der Waals surface area contributed by atoms with Crippen molar-refractivity contribution < 1.29 is 5.11 Å². The van der Waals surface area contributed by atoms with Gasteiger partial charge in [0.15, 0.2) is 0 Å². The Morgan fingerprint density at radius 3 is 2.29 bits per heavy atom. The van der Waals surface area contributed by atoms with E-state index in [1.54, 1.807) is 0 Å². The van der Waals surface area contributed by atoms with Crippen LogP contribution >= 0.6 is 0 Å². The van der Waals surface area contributed by atoms with Crippen LogP contribution in [0, 0.1) is 23.2 Å². The molecule has 0 amide bonds. The number of hydrogen-bond acceptors (Lipinski definition) is 2. The molecular weight excluding hydrogens is 258 g/mol. The predicted molar refractivity (Wildman–Crippen MR) is 90.4 cm³/mol. The molecule has 0 aromatic carbocycles. The van der Waals surface area contributed by atoms with Crippen molar-refractivity contribution >= 4 is 0 Å². The number of aliphatic hydroxyl groups excluding tert-OH is 1. The Kier molecular flexibility index (Phi) is 5.76. The molecule has 2 aliphatic rings. The van der Waals surface area contributed by atoms with Crippen LogP contribution in [0.2, 0.25) is 0 Å². The zero-order chi connectivity index (χ0) is 15.5. The first-order valence-electron chi connectivity index (χ1n) is 9.20. The summed E-state index contributed by atoms with van der Waals surface area (Å²) in [5.41, 5.74) is 0.502. The highest BCUT2D eigenvalue weighted by molar-refractivity contribution is 4.93. The Labute approximate surface area is 132 Å². The van der Waals surface area contributed by atoms with E-state index in [-0.39, 0.29) is 5.54 Å². The molecule has 2 saturated carbocycles. The van der Waals surface area contributed by atoms with E-state index in [1.165, 1.54) is 38.5 Å². The Morgan fingerprint density at radius 1 is 1.10 bits per heavy atom. The molecule has 0 saturated heterocycles. The minimum Gasteiger partial charge on any atom is -0.394 e. The highest BCUT2D eigenvalue weighted by atomic mass is 16.3.